The quantitative estimate of drug-likeness (QED) is 0.128. The lowest BCUT2D eigenvalue weighted by Gasteiger charge is -2.16. The van der Waals surface area contributed by atoms with E-state index in [1.165, 1.54) is 34.3 Å². The van der Waals surface area contributed by atoms with Crippen molar-refractivity contribution in [2.75, 3.05) is 0 Å². The molecule has 3 heteroatoms. The van der Waals surface area contributed by atoms with Gasteiger partial charge in [0.1, 0.15) is 0 Å². The van der Waals surface area contributed by atoms with Gasteiger partial charge in [-0.1, -0.05) is 179 Å². The predicted octanol–water partition coefficient (Wildman–Crippen LogP) is 13.1. The zero-order valence-corrected chi connectivity index (χ0v) is 30.7. The minimum atomic E-state index is 0.412. The zero-order valence-electron chi connectivity index (χ0n) is 30.7. The SMILES string of the molecule is C=C(C)C1C=CC(c2ccc(-c3nc(-c4ccc(C5=CC=C=C=C5)cc4)nc(-c4ccc(-c5ccc(C)cc5)cc4)n3)cc2)=CC1.CC.CCC. The van der Waals surface area contributed by atoms with Crippen LogP contribution in [0.2, 0.25) is 0 Å². The van der Waals surface area contributed by atoms with Gasteiger partial charge >= 0.3 is 0 Å². The largest absolute Gasteiger partial charge is 0.208 e. The third-order valence-electron chi connectivity index (χ3n) is 8.51. The standard InChI is InChI=1S/C43H33N3.C3H8.C2H6/c1-29(2)31-13-15-35(16-14-31)37-21-27-40(28-22-37)43-45-41(38-23-17-34(18-24-38)32-7-5-4-6-8-32)44-42(46-43)39-25-19-36(20-26-39)33-11-9-30(3)10-12-33;1-3-2;1-2/h5,7-13,15-28,31H,1,14H2,2-3H3;3H2,1-2H3;1-2H3. The third-order valence-corrected chi connectivity index (χ3v) is 8.51. The third kappa shape index (κ3) is 9.24. The number of benzene rings is 4. The number of rotatable bonds is 7. The monoisotopic (exact) mass is 665 g/mol. The van der Waals surface area contributed by atoms with Crippen molar-refractivity contribution in [3.05, 3.63) is 174 Å². The number of hydrogen-bond donors (Lipinski definition) is 0. The number of aryl methyl sites for hydroxylation is 1. The van der Waals surface area contributed by atoms with Crippen LogP contribution in [0.4, 0.5) is 0 Å². The molecule has 0 fully saturated rings. The highest BCUT2D eigenvalue weighted by molar-refractivity contribution is 5.79. The Morgan fingerprint density at radius 3 is 1.43 bits per heavy atom. The van der Waals surface area contributed by atoms with Gasteiger partial charge in [-0.3, -0.25) is 0 Å². The lowest BCUT2D eigenvalue weighted by atomic mass is 9.89. The predicted molar refractivity (Wildman–Crippen MR) is 218 cm³/mol. The summed E-state index contributed by atoms with van der Waals surface area (Å²) in [5, 5.41) is 0. The summed E-state index contributed by atoms with van der Waals surface area (Å²) in [6.45, 7) is 16.6. The molecule has 1 unspecified atom stereocenters. The van der Waals surface area contributed by atoms with Gasteiger partial charge in [-0.2, -0.15) is 0 Å². The second kappa shape index (κ2) is 17.7. The van der Waals surface area contributed by atoms with Crippen molar-refractivity contribution in [1.82, 2.24) is 15.0 Å². The Morgan fingerprint density at radius 1 is 0.627 bits per heavy atom. The van der Waals surface area contributed by atoms with Gasteiger partial charge in [0.2, 0.25) is 0 Å². The fourth-order valence-corrected chi connectivity index (χ4v) is 5.67. The summed E-state index contributed by atoms with van der Waals surface area (Å²) in [5.74, 6) is 2.33. The fourth-order valence-electron chi connectivity index (χ4n) is 5.67. The van der Waals surface area contributed by atoms with Gasteiger partial charge in [-0.05, 0) is 71.9 Å². The van der Waals surface area contributed by atoms with Crippen LogP contribution in [0.5, 0.6) is 0 Å². The first-order valence-corrected chi connectivity index (χ1v) is 18.0. The molecule has 0 saturated carbocycles. The molecular formula is C48H47N3. The van der Waals surface area contributed by atoms with E-state index in [4.69, 9.17) is 15.0 Å². The molecule has 2 aliphatic rings. The molecule has 0 amide bonds. The Labute approximate surface area is 304 Å². The highest BCUT2D eigenvalue weighted by Crippen LogP contribution is 2.31. The van der Waals surface area contributed by atoms with Crippen molar-refractivity contribution in [1.29, 1.82) is 0 Å². The molecule has 0 aliphatic heterocycles. The Hall–Kier alpha value is -5.85. The first kappa shape index (κ1) is 36.4. The maximum absolute atomic E-state index is 4.98. The van der Waals surface area contributed by atoms with Crippen molar-refractivity contribution in [3.63, 3.8) is 0 Å². The number of aromatic nitrogens is 3. The van der Waals surface area contributed by atoms with Gasteiger partial charge in [0, 0.05) is 22.6 Å². The summed E-state index contributed by atoms with van der Waals surface area (Å²) in [4.78, 5) is 14.9. The Balaban J connectivity index is 0.000000959. The van der Waals surface area contributed by atoms with E-state index in [1.54, 1.807) is 0 Å². The van der Waals surface area contributed by atoms with Gasteiger partial charge < -0.3 is 0 Å². The molecule has 0 saturated heterocycles. The van der Waals surface area contributed by atoms with Crippen LogP contribution in [0.3, 0.4) is 0 Å². The first-order valence-electron chi connectivity index (χ1n) is 18.0. The fraction of sp³-hybridized carbons (Fsp3) is 0.188. The lowest BCUT2D eigenvalue weighted by molar-refractivity contribution is 0.773. The first-order chi connectivity index (χ1) is 24.9. The van der Waals surface area contributed by atoms with Crippen LogP contribution in [0.1, 0.15) is 64.2 Å². The molecule has 254 valence electrons. The molecule has 2 aliphatic carbocycles. The van der Waals surface area contributed by atoms with Crippen LogP contribution in [0.25, 0.3) is 56.4 Å². The minimum Gasteiger partial charge on any atom is -0.208 e. The molecular weight excluding hydrogens is 619 g/mol. The molecule has 3 nitrogen and oxygen atoms in total. The maximum atomic E-state index is 4.98. The van der Waals surface area contributed by atoms with E-state index < -0.39 is 0 Å². The second-order valence-electron chi connectivity index (χ2n) is 12.5. The van der Waals surface area contributed by atoms with Crippen LogP contribution in [0.15, 0.2) is 157 Å². The van der Waals surface area contributed by atoms with Crippen LogP contribution in [-0.4, -0.2) is 15.0 Å². The summed E-state index contributed by atoms with van der Waals surface area (Å²) in [5.41, 5.74) is 18.2. The van der Waals surface area contributed by atoms with E-state index >= 15 is 0 Å². The Kier molecular flexibility index (Phi) is 12.6. The van der Waals surface area contributed by atoms with Gasteiger partial charge in [-0.15, -0.1) is 0 Å². The summed E-state index contributed by atoms with van der Waals surface area (Å²) in [7, 11) is 0. The normalized spacial score (nSPS) is 14.0. The zero-order chi connectivity index (χ0) is 36.2. The van der Waals surface area contributed by atoms with Gasteiger partial charge in [-0.25, -0.2) is 15.0 Å². The van der Waals surface area contributed by atoms with Crippen LogP contribution in [-0.2, 0) is 0 Å². The molecule has 0 N–H and O–H groups in total. The molecule has 0 spiro atoms. The number of allylic oxidation sites excluding steroid dienone is 9. The molecule has 1 atom stereocenters. The van der Waals surface area contributed by atoms with E-state index in [9.17, 15) is 0 Å². The smallest absolute Gasteiger partial charge is 0.164 e. The van der Waals surface area contributed by atoms with Crippen LogP contribution < -0.4 is 0 Å². The highest BCUT2D eigenvalue weighted by Gasteiger charge is 2.15. The molecule has 1 heterocycles. The molecule has 4 aromatic carbocycles. The minimum absolute atomic E-state index is 0.412. The van der Waals surface area contributed by atoms with Crippen molar-refractivity contribution in [2.45, 2.75) is 54.4 Å². The molecule has 0 bridgehead atoms. The average Bonchev–Trinajstić information content (AvgIpc) is 3.20. The van der Waals surface area contributed by atoms with Gasteiger partial charge in [0.05, 0.1) is 0 Å². The van der Waals surface area contributed by atoms with Crippen molar-refractivity contribution >= 4 is 11.1 Å². The van der Waals surface area contributed by atoms with E-state index in [0.29, 0.717) is 23.4 Å². The van der Waals surface area contributed by atoms with E-state index in [2.05, 4.69) is 161 Å². The molecule has 5 aromatic rings. The molecule has 7 rings (SSSR count). The lowest BCUT2D eigenvalue weighted by Crippen LogP contribution is -2.01. The number of hydrogen-bond acceptors (Lipinski definition) is 3. The highest BCUT2D eigenvalue weighted by atomic mass is 15.0. The Bertz CT molecular complexity index is 2150. The summed E-state index contributed by atoms with van der Waals surface area (Å²) < 4.78 is 0. The van der Waals surface area contributed by atoms with Crippen LogP contribution in [0, 0.1) is 12.8 Å². The summed E-state index contributed by atoms with van der Waals surface area (Å²) >= 11 is 0. The van der Waals surface area contributed by atoms with Crippen molar-refractivity contribution in [2.24, 2.45) is 5.92 Å². The molecule has 0 radical (unpaired) electrons. The summed E-state index contributed by atoms with van der Waals surface area (Å²) in [6.07, 6.45) is 14.8. The topological polar surface area (TPSA) is 38.7 Å². The average molecular weight is 666 g/mol. The maximum Gasteiger partial charge on any atom is 0.164 e. The van der Waals surface area contributed by atoms with E-state index in [-0.39, 0.29) is 0 Å². The second-order valence-corrected chi connectivity index (χ2v) is 12.5. The Morgan fingerprint density at radius 2 is 1.04 bits per heavy atom. The van der Waals surface area contributed by atoms with E-state index in [0.717, 1.165) is 39.8 Å². The molecule has 51 heavy (non-hydrogen) atoms. The van der Waals surface area contributed by atoms with Crippen molar-refractivity contribution in [3.8, 4) is 45.3 Å². The number of nitrogens with zero attached hydrogens (tertiary/aromatic N) is 3. The molecule has 1 aromatic heterocycles. The van der Waals surface area contributed by atoms with Gasteiger partial charge in [0.25, 0.3) is 0 Å². The summed E-state index contributed by atoms with van der Waals surface area (Å²) in [6, 6.07) is 33.8. The van der Waals surface area contributed by atoms with E-state index in [1.807, 2.05) is 32.1 Å². The van der Waals surface area contributed by atoms with Crippen LogP contribution >= 0.6 is 0 Å². The van der Waals surface area contributed by atoms with Gasteiger partial charge in [0.15, 0.2) is 17.5 Å². The van der Waals surface area contributed by atoms with Crippen molar-refractivity contribution < 1.29 is 0 Å².